The molecule has 7 heteroatoms. The first-order chi connectivity index (χ1) is 27.4. The lowest BCUT2D eigenvalue weighted by molar-refractivity contribution is -0.896. The van der Waals surface area contributed by atoms with Crippen LogP contribution in [0.15, 0.2) is 24.3 Å². The topological polar surface area (TPSA) is 37.8 Å². The van der Waals surface area contributed by atoms with Crippen molar-refractivity contribution in [2.45, 2.75) is 158 Å². The Morgan fingerprint density at radius 3 is 1.39 bits per heavy atom. The number of hydrogen-bond acceptors (Lipinski definition) is 2. The highest BCUT2D eigenvalue weighted by molar-refractivity contribution is 5.84. The molecule has 2 aromatic carbocycles. The SMILES string of the molecule is CCCCC(CCC[NH+](CC)CC)Cc1cc(C)c2c(c1)C=[N+]1C(C)(C)C[N+]3=Cc4cc(CC(CCC[NH+](CC)CC)CCC[NH+](CC)CC)cc(C)c4OC31O2. The van der Waals surface area contributed by atoms with Crippen molar-refractivity contribution in [1.82, 2.24) is 0 Å². The molecule has 0 radical (unpaired) electrons. The third-order valence-electron chi connectivity index (χ3n) is 14.1. The third kappa shape index (κ3) is 11.1. The summed E-state index contributed by atoms with van der Waals surface area (Å²) in [5.74, 6) is 3.35. The number of unbranched alkanes of at least 4 members (excludes halogenated alkanes) is 1. The second-order valence-corrected chi connectivity index (χ2v) is 18.8. The first-order valence-corrected chi connectivity index (χ1v) is 23.8. The van der Waals surface area contributed by atoms with Crippen molar-refractivity contribution >= 4 is 12.4 Å². The monoisotopic (exact) mass is 789 g/mol. The maximum absolute atomic E-state index is 7.20. The van der Waals surface area contributed by atoms with E-state index >= 15 is 0 Å². The molecule has 0 bridgehead atoms. The maximum atomic E-state index is 7.20. The van der Waals surface area contributed by atoms with Gasteiger partial charge in [-0.15, -0.1) is 0 Å². The molecule has 318 valence electrons. The van der Waals surface area contributed by atoms with Crippen LogP contribution in [0.2, 0.25) is 0 Å². The zero-order chi connectivity index (χ0) is 41.2. The molecule has 3 N–H and O–H groups in total. The molecule has 7 nitrogen and oxygen atoms in total. The van der Waals surface area contributed by atoms with Gasteiger partial charge in [-0.1, -0.05) is 47.5 Å². The second kappa shape index (κ2) is 21.0. The van der Waals surface area contributed by atoms with Gasteiger partial charge in [0.2, 0.25) is 12.1 Å². The molecular formula is C50H86N5O2+5. The van der Waals surface area contributed by atoms with Gasteiger partial charge in [-0.05, 0) is 153 Å². The van der Waals surface area contributed by atoms with E-state index in [1.807, 2.05) is 0 Å². The van der Waals surface area contributed by atoms with Crippen LogP contribution in [0.5, 0.6) is 11.5 Å². The first kappa shape index (κ1) is 45.3. The summed E-state index contributed by atoms with van der Waals surface area (Å²) in [7, 11) is 0. The van der Waals surface area contributed by atoms with E-state index in [4.69, 9.17) is 9.47 Å². The van der Waals surface area contributed by atoms with Gasteiger partial charge in [-0.25, -0.2) is 0 Å². The molecule has 0 aromatic heterocycles. The van der Waals surface area contributed by atoms with Crippen LogP contribution < -0.4 is 24.2 Å². The van der Waals surface area contributed by atoms with Crippen molar-refractivity contribution < 1.29 is 33.3 Å². The van der Waals surface area contributed by atoms with E-state index in [9.17, 15) is 0 Å². The standard InChI is InChI=1S/C50H83N5O2/c1-12-19-23-41(24-20-27-51(13-2)14-3)32-44-31-40(9)48-46(35-44)37-55-49(10,11)38-54-36-45-34-43(30-39(8)47(45)56-50(54,55)57-48)33-42(25-21-28-52(15-4)16-5)26-22-29-53(17-6)18-7/h30-31,34-37,41-42H,12-29,32-33,38H2,1-11H3/q+2/p+3. The minimum absolute atomic E-state index is 0.182. The summed E-state index contributed by atoms with van der Waals surface area (Å²) in [6, 6.07) is 8.64. The molecule has 57 heavy (non-hydrogen) atoms. The summed E-state index contributed by atoms with van der Waals surface area (Å²) in [5.41, 5.74) is 7.50. The average molecular weight is 789 g/mol. The molecule has 1 fully saturated rings. The minimum atomic E-state index is -1.03. The first-order valence-electron chi connectivity index (χ1n) is 23.8. The van der Waals surface area contributed by atoms with Crippen LogP contribution in [0, 0.1) is 25.7 Å². The van der Waals surface area contributed by atoms with Crippen LogP contribution in [0.4, 0.5) is 0 Å². The molecule has 3 aliphatic rings. The van der Waals surface area contributed by atoms with Gasteiger partial charge in [0.05, 0.1) is 70.0 Å². The highest BCUT2D eigenvalue weighted by Crippen LogP contribution is 2.44. The van der Waals surface area contributed by atoms with E-state index in [2.05, 4.69) is 122 Å². The Morgan fingerprint density at radius 1 is 0.579 bits per heavy atom. The van der Waals surface area contributed by atoms with Gasteiger partial charge in [0, 0.05) is 13.8 Å². The van der Waals surface area contributed by atoms with Gasteiger partial charge in [0.1, 0.15) is 0 Å². The van der Waals surface area contributed by atoms with Crippen LogP contribution in [-0.2, 0) is 12.8 Å². The average Bonchev–Trinajstić information content (AvgIpc) is 3.42. The quantitative estimate of drug-likeness (QED) is 0.114. The largest absolute Gasteiger partial charge is 0.704 e. The van der Waals surface area contributed by atoms with Crippen LogP contribution in [-0.4, -0.2) is 98.6 Å². The number of rotatable bonds is 25. The molecule has 3 aliphatic heterocycles. The Morgan fingerprint density at radius 2 is 0.982 bits per heavy atom. The van der Waals surface area contributed by atoms with Gasteiger partial charge in [0.25, 0.3) is 0 Å². The molecule has 3 heterocycles. The smallest absolute Gasteiger partial charge is 0.340 e. The fourth-order valence-electron chi connectivity index (χ4n) is 10.4. The van der Waals surface area contributed by atoms with Crippen LogP contribution in [0.3, 0.4) is 0 Å². The van der Waals surface area contributed by atoms with Crippen molar-refractivity contribution in [3.8, 4) is 11.5 Å². The highest BCUT2D eigenvalue weighted by atomic mass is 16.7. The maximum Gasteiger partial charge on any atom is 0.704 e. The van der Waals surface area contributed by atoms with E-state index in [1.165, 1.54) is 150 Å². The Bertz CT molecular complexity index is 1630. The molecule has 2 atom stereocenters. The molecular weight excluding hydrogens is 703 g/mol. The molecule has 0 amide bonds. The fourth-order valence-corrected chi connectivity index (χ4v) is 10.4. The lowest BCUT2D eigenvalue weighted by Crippen LogP contribution is -3.11. The molecule has 0 aliphatic carbocycles. The zero-order valence-corrected chi connectivity index (χ0v) is 38.7. The number of ether oxygens (including phenoxy) is 2. The number of benzene rings is 2. The number of hydrogen-bond donors (Lipinski definition) is 3. The number of nitrogens with zero attached hydrogens (tertiary/aromatic N) is 2. The number of fused-ring (bicyclic) bond motifs is 2. The minimum Gasteiger partial charge on any atom is -0.340 e. The van der Waals surface area contributed by atoms with Crippen molar-refractivity contribution in [1.29, 1.82) is 0 Å². The summed E-state index contributed by atoms with van der Waals surface area (Å²) in [6.45, 7) is 37.5. The van der Waals surface area contributed by atoms with E-state index in [1.54, 1.807) is 14.7 Å². The summed E-state index contributed by atoms with van der Waals surface area (Å²) in [6.07, 6.45) is 18.8. The van der Waals surface area contributed by atoms with E-state index in [0.717, 1.165) is 36.8 Å². The Kier molecular flexibility index (Phi) is 16.7. The van der Waals surface area contributed by atoms with Crippen molar-refractivity contribution in [3.63, 3.8) is 0 Å². The summed E-state index contributed by atoms with van der Waals surface area (Å²) in [5, 5.41) is 0. The van der Waals surface area contributed by atoms with Gasteiger partial charge in [0.15, 0.2) is 23.9 Å². The number of aryl methyl sites for hydroxylation is 2. The Balaban J connectivity index is 1.37. The second-order valence-electron chi connectivity index (χ2n) is 18.8. The lowest BCUT2D eigenvalue weighted by Gasteiger charge is -2.30. The molecule has 5 rings (SSSR count). The summed E-state index contributed by atoms with van der Waals surface area (Å²) < 4.78 is 19.1. The zero-order valence-electron chi connectivity index (χ0n) is 38.7. The predicted octanol–water partition coefficient (Wildman–Crippen LogP) is 5.68. The van der Waals surface area contributed by atoms with Crippen LogP contribution in [0.25, 0.3) is 0 Å². The molecule has 2 aromatic rings. The number of quaternary nitrogens is 3. The molecule has 0 saturated carbocycles. The third-order valence-corrected chi connectivity index (χ3v) is 14.1. The Labute approximate surface area is 349 Å². The van der Waals surface area contributed by atoms with Crippen molar-refractivity contribution in [2.75, 3.05) is 65.4 Å². The fraction of sp³-hybridized carbons (Fsp3) is 0.720. The van der Waals surface area contributed by atoms with E-state index < -0.39 is 6.03 Å². The van der Waals surface area contributed by atoms with E-state index in [0.29, 0.717) is 5.92 Å². The van der Waals surface area contributed by atoms with E-state index in [-0.39, 0.29) is 5.54 Å². The predicted molar refractivity (Wildman–Crippen MR) is 238 cm³/mol. The molecule has 1 saturated heterocycles. The lowest BCUT2D eigenvalue weighted by atomic mass is 9.88. The van der Waals surface area contributed by atoms with Gasteiger partial charge in [-0.2, -0.15) is 0 Å². The van der Waals surface area contributed by atoms with Crippen LogP contribution in [0.1, 0.15) is 153 Å². The van der Waals surface area contributed by atoms with Gasteiger partial charge in [-0.3, -0.25) is 0 Å². The van der Waals surface area contributed by atoms with Crippen molar-refractivity contribution in [3.05, 3.63) is 57.6 Å². The number of nitrogens with one attached hydrogen (secondary N) is 3. The highest BCUT2D eigenvalue weighted by Gasteiger charge is 2.75. The van der Waals surface area contributed by atoms with Gasteiger partial charge < -0.3 is 24.2 Å². The molecule has 2 unspecified atom stereocenters. The van der Waals surface area contributed by atoms with Crippen molar-refractivity contribution in [2.24, 2.45) is 11.8 Å². The normalized spacial score (nSPS) is 18.6. The van der Waals surface area contributed by atoms with Crippen LogP contribution >= 0.6 is 0 Å². The van der Waals surface area contributed by atoms with Gasteiger partial charge >= 0.3 is 6.03 Å². The summed E-state index contributed by atoms with van der Waals surface area (Å²) >= 11 is 0. The summed E-state index contributed by atoms with van der Waals surface area (Å²) in [4.78, 5) is 5.17. The molecule has 1 spiro atoms. The Hall–Kier alpha value is -2.74.